The Morgan fingerprint density at radius 2 is 1.69 bits per heavy atom. The van der Waals surface area contributed by atoms with Crippen molar-refractivity contribution in [1.82, 2.24) is 0 Å². The fourth-order valence-electron chi connectivity index (χ4n) is 2.89. The van der Waals surface area contributed by atoms with Crippen LogP contribution in [0.5, 0.6) is 5.75 Å². The van der Waals surface area contributed by atoms with Gasteiger partial charge in [-0.15, -0.1) is 0 Å². The maximum Gasteiger partial charge on any atom is 0.338 e. The SMILES string of the molecule is COc1ccc(C(=O)OCc2cccc(C(N)=O)c2)cc1S(=O)(=O)Nc1ccc(C)cc1. The number of ether oxygens (including phenoxy) is 2. The molecule has 0 aromatic heterocycles. The molecule has 3 rings (SSSR count). The highest BCUT2D eigenvalue weighted by Crippen LogP contribution is 2.27. The lowest BCUT2D eigenvalue weighted by atomic mass is 10.1. The topological polar surface area (TPSA) is 125 Å². The van der Waals surface area contributed by atoms with Gasteiger partial charge in [0, 0.05) is 11.3 Å². The predicted molar refractivity (Wildman–Crippen MR) is 119 cm³/mol. The van der Waals surface area contributed by atoms with Crippen molar-refractivity contribution in [3.8, 4) is 5.75 Å². The summed E-state index contributed by atoms with van der Waals surface area (Å²) in [4.78, 5) is 23.6. The molecule has 0 spiro atoms. The van der Waals surface area contributed by atoms with E-state index in [0.717, 1.165) is 5.56 Å². The zero-order valence-electron chi connectivity index (χ0n) is 17.5. The van der Waals surface area contributed by atoms with Crippen molar-refractivity contribution < 1.29 is 27.5 Å². The number of carbonyl (C=O) groups is 2. The molecule has 0 bridgehead atoms. The van der Waals surface area contributed by atoms with Gasteiger partial charge < -0.3 is 15.2 Å². The van der Waals surface area contributed by atoms with Gasteiger partial charge in [0.2, 0.25) is 5.91 Å². The number of methoxy groups -OCH3 is 1. The Hall–Kier alpha value is -3.85. The molecule has 166 valence electrons. The number of rotatable bonds is 8. The van der Waals surface area contributed by atoms with Crippen LogP contribution >= 0.6 is 0 Å². The Bertz CT molecular complexity index is 1250. The monoisotopic (exact) mass is 454 g/mol. The molecule has 0 radical (unpaired) electrons. The van der Waals surface area contributed by atoms with Crippen molar-refractivity contribution in [2.75, 3.05) is 11.8 Å². The first-order valence-corrected chi connectivity index (χ1v) is 11.0. The Kier molecular flexibility index (Phi) is 6.79. The minimum atomic E-state index is -4.04. The maximum absolute atomic E-state index is 12.9. The summed E-state index contributed by atoms with van der Waals surface area (Å²) in [6.45, 7) is 1.77. The summed E-state index contributed by atoms with van der Waals surface area (Å²) >= 11 is 0. The van der Waals surface area contributed by atoms with Crippen molar-refractivity contribution in [1.29, 1.82) is 0 Å². The summed E-state index contributed by atoms with van der Waals surface area (Å²) in [5.74, 6) is -1.25. The Labute approximate surface area is 186 Å². The highest BCUT2D eigenvalue weighted by atomic mass is 32.2. The van der Waals surface area contributed by atoms with Gasteiger partial charge in [0.1, 0.15) is 17.3 Å². The molecule has 0 aliphatic rings. The molecule has 0 aliphatic carbocycles. The normalized spacial score (nSPS) is 10.9. The summed E-state index contributed by atoms with van der Waals surface area (Å²) in [6, 6.07) is 17.2. The molecule has 0 aliphatic heterocycles. The predicted octanol–water partition coefficient (Wildman–Crippen LogP) is 3.26. The minimum absolute atomic E-state index is 0.0288. The molecule has 9 heteroatoms. The van der Waals surface area contributed by atoms with Gasteiger partial charge in [0.05, 0.1) is 12.7 Å². The molecular formula is C23H22N2O6S. The van der Waals surface area contributed by atoms with E-state index in [1.165, 1.54) is 31.4 Å². The van der Waals surface area contributed by atoms with Crippen LogP contribution in [-0.4, -0.2) is 27.4 Å². The number of amides is 1. The van der Waals surface area contributed by atoms with Crippen LogP contribution in [0.15, 0.2) is 71.6 Å². The van der Waals surface area contributed by atoms with E-state index in [1.54, 1.807) is 42.5 Å². The Morgan fingerprint density at radius 1 is 0.969 bits per heavy atom. The van der Waals surface area contributed by atoms with E-state index in [-0.39, 0.29) is 22.8 Å². The Balaban J connectivity index is 1.81. The molecule has 0 fully saturated rings. The number of sulfonamides is 1. The lowest BCUT2D eigenvalue weighted by Crippen LogP contribution is -2.15. The summed E-state index contributed by atoms with van der Waals surface area (Å²) < 4.78 is 38.8. The number of nitrogens with two attached hydrogens (primary N) is 1. The smallest absolute Gasteiger partial charge is 0.338 e. The fourth-order valence-corrected chi connectivity index (χ4v) is 4.15. The van der Waals surface area contributed by atoms with Gasteiger partial charge in [0.25, 0.3) is 10.0 Å². The number of hydrogen-bond donors (Lipinski definition) is 2. The van der Waals surface area contributed by atoms with Crippen LogP contribution in [0.25, 0.3) is 0 Å². The van der Waals surface area contributed by atoms with Crippen molar-refractivity contribution >= 4 is 27.6 Å². The summed E-state index contributed by atoms with van der Waals surface area (Å²) in [5, 5.41) is 0. The van der Waals surface area contributed by atoms with Crippen molar-refractivity contribution in [3.63, 3.8) is 0 Å². The fraction of sp³-hybridized carbons (Fsp3) is 0.130. The van der Waals surface area contributed by atoms with Gasteiger partial charge in [-0.2, -0.15) is 0 Å². The third-order valence-electron chi connectivity index (χ3n) is 4.57. The van der Waals surface area contributed by atoms with Crippen molar-refractivity contribution in [2.24, 2.45) is 5.73 Å². The molecular weight excluding hydrogens is 432 g/mol. The van der Waals surface area contributed by atoms with Crippen molar-refractivity contribution in [2.45, 2.75) is 18.4 Å². The van der Waals surface area contributed by atoms with Gasteiger partial charge in [-0.1, -0.05) is 29.8 Å². The van der Waals surface area contributed by atoms with E-state index in [1.807, 2.05) is 6.92 Å². The number of anilines is 1. The first kappa shape index (κ1) is 22.8. The van der Waals surface area contributed by atoms with Crippen LogP contribution in [0.4, 0.5) is 5.69 Å². The average molecular weight is 455 g/mol. The maximum atomic E-state index is 12.9. The van der Waals surface area contributed by atoms with Crippen LogP contribution in [-0.2, 0) is 21.4 Å². The number of benzene rings is 3. The molecule has 3 aromatic carbocycles. The van der Waals surface area contributed by atoms with Gasteiger partial charge in [-0.05, 0) is 55.0 Å². The number of primary amides is 1. The molecule has 3 aromatic rings. The second kappa shape index (κ2) is 9.52. The van der Waals surface area contributed by atoms with Gasteiger partial charge in [0.15, 0.2) is 0 Å². The zero-order chi connectivity index (χ0) is 23.3. The molecule has 0 saturated heterocycles. The zero-order valence-corrected chi connectivity index (χ0v) is 18.3. The Morgan fingerprint density at radius 3 is 2.34 bits per heavy atom. The lowest BCUT2D eigenvalue weighted by Gasteiger charge is -2.13. The quantitative estimate of drug-likeness (QED) is 0.504. The third kappa shape index (κ3) is 5.44. The van der Waals surface area contributed by atoms with E-state index in [9.17, 15) is 18.0 Å². The molecule has 32 heavy (non-hydrogen) atoms. The summed E-state index contributed by atoms with van der Waals surface area (Å²) in [5.41, 5.74) is 7.50. The number of carbonyl (C=O) groups excluding carboxylic acids is 2. The van der Waals surface area contributed by atoms with E-state index in [2.05, 4.69) is 4.72 Å². The van der Waals surface area contributed by atoms with Crippen LogP contribution in [0.3, 0.4) is 0 Å². The van der Waals surface area contributed by atoms with Crippen LogP contribution in [0, 0.1) is 6.92 Å². The molecule has 8 nitrogen and oxygen atoms in total. The largest absolute Gasteiger partial charge is 0.495 e. The highest BCUT2D eigenvalue weighted by molar-refractivity contribution is 7.92. The van der Waals surface area contributed by atoms with Gasteiger partial charge in [-0.3, -0.25) is 9.52 Å². The lowest BCUT2D eigenvalue weighted by molar-refractivity contribution is 0.0472. The molecule has 1 amide bonds. The molecule has 0 unspecified atom stereocenters. The number of nitrogens with one attached hydrogen (secondary N) is 1. The van der Waals surface area contributed by atoms with E-state index < -0.39 is 21.9 Å². The second-order valence-corrected chi connectivity index (χ2v) is 8.63. The third-order valence-corrected chi connectivity index (χ3v) is 5.98. The van der Waals surface area contributed by atoms with Crippen LogP contribution in [0.2, 0.25) is 0 Å². The highest BCUT2D eigenvalue weighted by Gasteiger charge is 2.22. The van der Waals surface area contributed by atoms with Crippen LogP contribution < -0.4 is 15.2 Å². The second-order valence-electron chi connectivity index (χ2n) is 6.98. The molecule has 3 N–H and O–H groups in total. The minimum Gasteiger partial charge on any atom is -0.495 e. The van der Waals surface area contributed by atoms with E-state index in [4.69, 9.17) is 15.2 Å². The first-order chi connectivity index (χ1) is 15.2. The van der Waals surface area contributed by atoms with E-state index >= 15 is 0 Å². The van der Waals surface area contributed by atoms with Gasteiger partial charge >= 0.3 is 5.97 Å². The molecule has 0 saturated carbocycles. The number of esters is 1. The average Bonchev–Trinajstić information content (AvgIpc) is 2.78. The van der Waals surface area contributed by atoms with Crippen LogP contribution in [0.1, 0.15) is 31.8 Å². The summed E-state index contributed by atoms with van der Waals surface area (Å²) in [7, 11) is -2.70. The standard InChI is InChI=1S/C23H22N2O6S/c1-15-6-9-19(10-7-15)25-32(28,29)21-13-18(8-11-20(21)30-2)23(27)31-14-16-4-3-5-17(12-16)22(24)26/h3-13,25H,14H2,1-2H3,(H2,24,26). The van der Waals surface area contributed by atoms with E-state index in [0.29, 0.717) is 16.8 Å². The number of hydrogen-bond acceptors (Lipinski definition) is 6. The number of aryl methyl sites for hydroxylation is 1. The first-order valence-electron chi connectivity index (χ1n) is 9.53. The molecule has 0 heterocycles. The van der Waals surface area contributed by atoms with Gasteiger partial charge in [-0.25, -0.2) is 13.2 Å². The van der Waals surface area contributed by atoms with Crippen molar-refractivity contribution in [3.05, 3.63) is 89.0 Å². The summed E-state index contributed by atoms with van der Waals surface area (Å²) in [6.07, 6.45) is 0. The molecule has 0 atom stereocenters.